The van der Waals surface area contributed by atoms with Gasteiger partial charge in [-0.2, -0.15) is 0 Å². The first-order chi connectivity index (χ1) is 17.2. The highest BCUT2D eigenvalue weighted by Gasteiger charge is 2.47. The van der Waals surface area contributed by atoms with Gasteiger partial charge < -0.3 is 24.6 Å². The standard InChI is InChI=1S/C25H26N2O9/c1-35-17-11-12-19(36-2)18(14-17)22-21(23(30)15-7-9-16(10-8-15)27(33)34)24(31)25(32)26(22)13-5-3-4-6-20(28)29/h7-12,14,22,30H,3-6,13H2,1-2H3,(H,28,29)/t22-/m0/s1. The molecule has 0 unspecified atom stereocenters. The van der Waals surface area contributed by atoms with Crippen molar-refractivity contribution in [2.75, 3.05) is 20.8 Å². The fourth-order valence-electron chi connectivity index (χ4n) is 4.12. The molecule has 0 saturated carbocycles. The number of benzene rings is 2. The van der Waals surface area contributed by atoms with Crippen LogP contribution < -0.4 is 9.47 Å². The number of aliphatic hydroxyl groups excluding tert-OH is 1. The van der Waals surface area contributed by atoms with Gasteiger partial charge in [0.15, 0.2) is 0 Å². The van der Waals surface area contributed by atoms with Gasteiger partial charge in [0.1, 0.15) is 17.3 Å². The van der Waals surface area contributed by atoms with Crippen LogP contribution in [-0.2, 0) is 14.4 Å². The van der Waals surface area contributed by atoms with Crippen LogP contribution in [0.1, 0.15) is 42.9 Å². The van der Waals surface area contributed by atoms with Crippen molar-refractivity contribution in [2.45, 2.75) is 31.7 Å². The van der Waals surface area contributed by atoms with Gasteiger partial charge >= 0.3 is 5.97 Å². The summed E-state index contributed by atoms with van der Waals surface area (Å²) in [5, 5.41) is 31.0. The molecule has 0 spiro atoms. The second kappa shape index (κ2) is 11.3. The molecule has 36 heavy (non-hydrogen) atoms. The zero-order chi connectivity index (χ0) is 26.4. The number of hydrogen-bond acceptors (Lipinski definition) is 8. The molecule has 11 nitrogen and oxygen atoms in total. The van der Waals surface area contributed by atoms with E-state index in [0.717, 1.165) is 0 Å². The molecule has 1 saturated heterocycles. The second-order valence-electron chi connectivity index (χ2n) is 8.11. The number of aliphatic hydroxyl groups is 1. The third-order valence-corrected chi connectivity index (χ3v) is 5.91. The summed E-state index contributed by atoms with van der Waals surface area (Å²) < 4.78 is 10.8. The third kappa shape index (κ3) is 5.45. The number of ketones is 1. The molecule has 3 rings (SSSR count). The SMILES string of the molecule is COc1ccc(OC)c([C@H]2C(=C(O)c3ccc([N+](=O)[O-])cc3)C(=O)C(=O)N2CCCCCC(=O)O)c1. The molecule has 2 N–H and O–H groups in total. The largest absolute Gasteiger partial charge is 0.507 e. The zero-order valence-corrected chi connectivity index (χ0v) is 19.8. The Balaban J connectivity index is 2.09. The fraction of sp³-hybridized carbons (Fsp3) is 0.320. The molecule has 0 radical (unpaired) electrons. The van der Waals surface area contributed by atoms with Gasteiger partial charge in [-0.05, 0) is 43.2 Å². The Bertz CT molecular complexity index is 1200. The van der Waals surface area contributed by atoms with E-state index >= 15 is 0 Å². The Hall–Kier alpha value is -4.41. The molecular weight excluding hydrogens is 472 g/mol. The predicted octanol–water partition coefficient (Wildman–Crippen LogP) is 3.68. The maximum absolute atomic E-state index is 13.2. The van der Waals surface area contributed by atoms with Gasteiger partial charge in [-0.15, -0.1) is 0 Å². The number of unbranched alkanes of at least 4 members (excludes halogenated alkanes) is 2. The molecule has 190 valence electrons. The van der Waals surface area contributed by atoms with Gasteiger partial charge in [0, 0.05) is 36.2 Å². The van der Waals surface area contributed by atoms with Gasteiger partial charge in [-0.3, -0.25) is 24.5 Å². The van der Waals surface area contributed by atoms with Crippen molar-refractivity contribution in [3.63, 3.8) is 0 Å². The first kappa shape index (κ1) is 26.2. The van der Waals surface area contributed by atoms with Crippen LogP contribution in [0.4, 0.5) is 5.69 Å². The summed E-state index contributed by atoms with van der Waals surface area (Å²) in [4.78, 5) is 48.7. The lowest BCUT2D eigenvalue weighted by atomic mass is 9.94. The molecule has 1 atom stereocenters. The number of ether oxygens (including phenoxy) is 2. The number of nitrogens with zero attached hydrogens (tertiary/aromatic N) is 2. The van der Waals surface area contributed by atoms with Crippen LogP contribution in [-0.4, -0.2) is 58.5 Å². The van der Waals surface area contributed by atoms with E-state index in [4.69, 9.17) is 14.6 Å². The molecule has 1 aliphatic heterocycles. The van der Waals surface area contributed by atoms with Crippen molar-refractivity contribution >= 4 is 29.1 Å². The number of rotatable bonds is 11. The number of Topliss-reactive ketones (excluding diaryl/α,β-unsaturated/α-hetero) is 1. The Morgan fingerprint density at radius 3 is 2.31 bits per heavy atom. The van der Waals surface area contributed by atoms with Crippen molar-refractivity contribution < 1.29 is 39.0 Å². The summed E-state index contributed by atoms with van der Waals surface area (Å²) in [7, 11) is 2.89. The third-order valence-electron chi connectivity index (χ3n) is 5.91. The number of nitro benzene ring substituents is 1. The van der Waals surface area contributed by atoms with Crippen LogP contribution in [0.15, 0.2) is 48.0 Å². The molecule has 11 heteroatoms. The van der Waals surface area contributed by atoms with E-state index < -0.39 is 34.4 Å². The topological polar surface area (TPSA) is 157 Å². The van der Waals surface area contributed by atoms with Gasteiger partial charge in [-0.25, -0.2) is 0 Å². The molecule has 0 aliphatic carbocycles. The summed E-state index contributed by atoms with van der Waals surface area (Å²) in [6, 6.07) is 8.83. The average Bonchev–Trinajstić information content (AvgIpc) is 3.12. The molecule has 2 aromatic carbocycles. The minimum atomic E-state index is -1.02. The summed E-state index contributed by atoms with van der Waals surface area (Å²) in [5.74, 6) is -2.34. The van der Waals surface area contributed by atoms with E-state index in [2.05, 4.69) is 0 Å². The van der Waals surface area contributed by atoms with E-state index in [1.165, 1.54) is 43.4 Å². The van der Waals surface area contributed by atoms with Crippen molar-refractivity contribution in [3.05, 3.63) is 69.3 Å². The Morgan fingerprint density at radius 2 is 1.72 bits per heavy atom. The first-order valence-electron chi connectivity index (χ1n) is 11.2. The van der Waals surface area contributed by atoms with Crippen molar-refractivity contribution in [1.29, 1.82) is 0 Å². The van der Waals surface area contributed by atoms with Crippen molar-refractivity contribution in [2.24, 2.45) is 0 Å². The summed E-state index contributed by atoms with van der Waals surface area (Å²) in [6.07, 6.45) is 1.35. The highest BCUT2D eigenvalue weighted by molar-refractivity contribution is 6.46. The summed E-state index contributed by atoms with van der Waals surface area (Å²) >= 11 is 0. The molecule has 2 aromatic rings. The number of non-ortho nitro benzene ring substituents is 1. The average molecular weight is 498 g/mol. The normalized spacial score (nSPS) is 16.7. The molecule has 1 amide bonds. The molecule has 0 aromatic heterocycles. The number of carbonyl (C=O) groups excluding carboxylic acids is 2. The van der Waals surface area contributed by atoms with Crippen LogP contribution in [0, 0.1) is 10.1 Å². The monoisotopic (exact) mass is 498 g/mol. The van der Waals surface area contributed by atoms with E-state index in [9.17, 15) is 29.6 Å². The molecule has 0 bridgehead atoms. The van der Waals surface area contributed by atoms with Crippen molar-refractivity contribution in [3.8, 4) is 11.5 Å². The van der Waals surface area contributed by atoms with Crippen LogP contribution in [0.3, 0.4) is 0 Å². The Kier molecular flexibility index (Phi) is 8.26. The number of carboxylic acids is 1. The Morgan fingerprint density at radius 1 is 1.03 bits per heavy atom. The summed E-state index contributed by atoms with van der Waals surface area (Å²) in [6.45, 7) is 0.131. The summed E-state index contributed by atoms with van der Waals surface area (Å²) in [5.41, 5.74) is 0.155. The van der Waals surface area contributed by atoms with Gasteiger partial charge in [0.05, 0.1) is 30.8 Å². The zero-order valence-electron chi connectivity index (χ0n) is 19.8. The number of nitro groups is 1. The van der Waals surface area contributed by atoms with Gasteiger partial charge in [0.25, 0.3) is 17.4 Å². The van der Waals surface area contributed by atoms with Crippen molar-refractivity contribution in [1.82, 2.24) is 4.90 Å². The van der Waals surface area contributed by atoms with Crippen LogP contribution in [0.2, 0.25) is 0 Å². The van der Waals surface area contributed by atoms with Gasteiger partial charge in [0.2, 0.25) is 0 Å². The number of hydrogen-bond donors (Lipinski definition) is 2. The number of carboxylic acid groups (broad SMARTS) is 1. The lowest BCUT2D eigenvalue weighted by Crippen LogP contribution is -2.31. The highest BCUT2D eigenvalue weighted by Crippen LogP contribution is 2.44. The lowest BCUT2D eigenvalue weighted by Gasteiger charge is -2.27. The number of carbonyl (C=O) groups is 3. The fourth-order valence-corrected chi connectivity index (χ4v) is 4.12. The molecular formula is C25H26N2O9. The molecule has 1 heterocycles. The minimum absolute atomic E-state index is 0.00784. The smallest absolute Gasteiger partial charge is 0.303 e. The van der Waals surface area contributed by atoms with E-state index in [1.807, 2.05) is 0 Å². The Labute approximate surface area is 206 Å². The van der Waals surface area contributed by atoms with E-state index in [0.29, 0.717) is 36.3 Å². The number of methoxy groups -OCH3 is 2. The van der Waals surface area contributed by atoms with Gasteiger partial charge in [-0.1, -0.05) is 6.42 Å². The number of likely N-dealkylation sites (tertiary alicyclic amines) is 1. The minimum Gasteiger partial charge on any atom is -0.507 e. The maximum atomic E-state index is 13.2. The maximum Gasteiger partial charge on any atom is 0.303 e. The van der Waals surface area contributed by atoms with Crippen LogP contribution in [0.5, 0.6) is 11.5 Å². The molecule has 1 aliphatic rings. The number of amides is 1. The first-order valence-corrected chi connectivity index (χ1v) is 11.2. The second-order valence-corrected chi connectivity index (χ2v) is 8.11. The lowest BCUT2D eigenvalue weighted by molar-refractivity contribution is -0.384. The van der Waals surface area contributed by atoms with E-state index in [-0.39, 0.29) is 29.8 Å². The number of aliphatic carboxylic acids is 1. The van der Waals surface area contributed by atoms with E-state index in [1.54, 1.807) is 18.2 Å². The van der Waals surface area contributed by atoms with Crippen LogP contribution in [0.25, 0.3) is 5.76 Å². The quantitative estimate of drug-likeness (QED) is 0.118. The highest BCUT2D eigenvalue weighted by atomic mass is 16.6. The molecule has 1 fully saturated rings. The predicted molar refractivity (Wildman–Crippen MR) is 128 cm³/mol. The van der Waals surface area contributed by atoms with Crippen LogP contribution >= 0.6 is 0 Å².